The van der Waals surface area contributed by atoms with E-state index in [0.717, 1.165) is 25.9 Å². The Bertz CT molecular complexity index is 218. The molecule has 94 valence electrons. The summed E-state index contributed by atoms with van der Waals surface area (Å²) in [7, 11) is 0. The Hall–Kier alpha value is -0.610. The van der Waals surface area contributed by atoms with Gasteiger partial charge in [-0.2, -0.15) is 0 Å². The molecule has 16 heavy (non-hydrogen) atoms. The van der Waals surface area contributed by atoms with Crippen LogP contribution in [0, 0.1) is 0 Å². The third-order valence-corrected chi connectivity index (χ3v) is 2.90. The zero-order valence-corrected chi connectivity index (χ0v) is 10.5. The molecule has 1 aliphatic heterocycles. The molecule has 1 fully saturated rings. The molecule has 4 heteroatoms. The lowest BCUT2D eigenvalue weighted by atomic mass is 10.1. The van der Waals surface area contributed by atoms with Crippen molar-refractivity contribution >= 4 is 5.91 Å². The topological polar surface area (TPSA) is 52.6 Å². The monoisotopic (exact) mass is 228 g/mol. The van der Waals surface area contributed by atoms with Crippen LogP contribution in [0.25, 0.3) is 0 Å². The zero-order valence-electron chi connectivity index (χ0n) is 10.5. The van der Waals surface area contributed by atoms with Gasteiger partial charge < -0.3 is 15.3 Å². The van der Waals surface area contributed by atoms with E-state index >= 15 is 0 Å². The molecule has 1 heterocycles. The molecule has 1 aliphatic rings. The second-order valence-corrected chi connectivity index (χ2v) is 5.18. The molecule has 1 amide bonds. The van der Waals surface area contributed by atoms with Gasteiger partial charge in [0.15, 0.2) is 0 Å². The predicted molar refractivity (Wildman–Crippen MR) is 64.2 cm³/mol. The second-order valence-electron chi connectivity index (χ2n) is 5.18. The maximum atomic E-state index is 11.7. The first-order valence-electron chi connectivity index (χ1n) is 6.20. The fourth-order valence-electron chi connectivity index (χ4n) is 1.84. The summed E-state index contributed by atoms with van der Waals surface area (Å²) in [5.74, 6) is 0.190. The van der Waals surface area contributed by atoms with Crippen LogP contribution in [0.15, 0.2) is 0 Å². The maximum Gasteiger partial charge on any atom is 0.236 e. The zero-order chi connectivity index (χ0) is 12.0. The van der Waals surface area contributed by atoms with Gasteiger partial charge in [-0.1, -0.05) is 0 Å². The molecule has 1 saturated heterocycles. The molecule has 2 N–H and O–H groups in total. The Morgan fingerprint density at radius 2 is 1.94 bits per heavy atom. The number of piperidine rings is 1. The van der Waals surface area contributed by atoms with Crippen LogP contribution in [-0.2, 0) is 4.79 Å². The minimum absolute atomic E-state index is 0.190. The van der Waals surface area contributed by atoms with E-state index in [1.54, 1.807) is 13.8 Å². The van der Waals surface area contributed by atoms with Crippen LogP contribution in [0.4, 0.5) is 0 Å². The van der Waals surface area contributed by atoms with Crippen molar-refractivity contribution < 1.29 is 9.90 Å². The molecule has 1 rings (SSSR count). The molecular weight excluding hydrogens is 204 g/mol. The van der Waals surface area contributed by atoms with Gasteiger partial charge in [0.2, 0.25) is 5.91 Å². The van der Waals surface area contributed by atoms with Crippen molar-refractivity contribution in [1.82, 2.24) is 10.2 Å². The molecule has 0 spiro atoms. The minimum Gasteiger partial charge on any atom is -0.390 e. The number of carbonyl (C=O) groups excluding carboxylic acids is 1. The Morgan fingerprint density at radius 1 is 1.31 bits per heavy atom. The largest absolute Gasteiger partial charge is 0.390 e. The SMILES string of the molecule is CC(C)(O)CCNCC(=O)N1CCCCC1. The summed E-state index contributed by atoms with van der Waals surface area (Å²) < 4.78 is 0. The van der Waals surface area contributed by atoms with Crippen molar-refractivity contribution in [3.05, 3.63) is 0 Å². The third-order valence-electron chi connectivity index (χ3n) is 2.90. The lowest BCUT2D eigenvalue weighted by Gasteiger charge is -2.27. The highest BCUT2D eigenvalue weighted by Gasteiger charge is 2.16. The summed E-state index contributed by atoms with van der Waals surface area (Å²) in [5, 5.41) is 12.6. The maximum absolute atomic E-state index is 11.7. The highest BCUT2D eigenvalue weighted by Crippen LogP contribution is 2.08. The highest BCUT2D eigenvalue weighted by atomic mass is 16.3. The van der Waals surface area contributed by atoms with E-state index in [0.29, 0.717) is 19.5 Å². The molecule has 0 aromatic heterocycles. The van der Waals surface area contributed by atoms with Gasteiger partial charge in [0.25, 0.3) is 0 Å². The normalized spacial score (nSPS) is 17.6. The van der Waals surface area contributed by atoms with E-state index in [4.69, 9.17) is 0 Å². The van der Waals surface area contributed by atoms with Gasteiger partial charge in [0.05, 0.1) is 12.1 Å². The number of hydrogen-bond acceptors (Lipinski definition) is 3. The first-order chi connectivity index (χ1) is 7.49. The van der Waals surface area contributed by atoms with Crippen LogP contribution >= 0.6 is 0 Å². The molecule has 0 unspecified atom stereocenters. The Balaban J connectivity index is 2.10. The van der Waals surface area contributed by atoms with Crippen molar-refractivity contribution in [2.45, 2.75) is 45.1 Å². The fourth-order valence-corrected chi connectivity index (χ4v) is 1.84. The van der Waals surface area contributed by atoms with E-state index < -0.39 is 5.60 Å². The molecule has 0 radical (unpaired) electrons. The Kier molecular flexibility index (Phi) is 5.22. The average Bonchev–Trinajstić information content (AvgIpc) is 2.24. The molecule has 0 aromatic carbocycles. The van der Waals surface area contributed by atoms with Crippen LogP contribution in [0.3, 0.4) is 0 Å². The second kappa shape index (κ2) is 6.21. The van der Waals surface area contributed by atoms with Crippen molar-refractivity contribution in [2.75, 3.05) is 26.2 Å². The van der Waals surface area contributed by atoms with E-state index in [9.17, 15) is 9.90 Å². The van der Waals surface area contributed by atoms with Crippen LogP contribution in [0.5, 0.6) is 0 Å². The molecule has 4 nitrogen and oxygen atoms in total. The number of carbonyl (C=O) groups is 1. The van der Waals surface area contributed by atoms with Gasteiger partial charge in [-0.25, -0.2) is 0 Å². The van der Waals surface area contributed by atoms with Crippen molar-refractivity contribution in [1.29, 1.82) is 0 Å². The molecule has 0 bridgehead atoms. The van der Waals surface area contributed by atoms with Gasteiger partial charge in [-0.3, -0.25) is 4.79 Å². The number of amides is 1. The summed E-state index contributed by atoms with van der Waals surface area (Å²) in [6, 6.07) is 0. The van der Waals surface area contributed by atoms with Gasteiger partial charge >= 0.3 is 0 Å². The van der Waals surface area contributed by atoms with Gasteiger partial charge in [0.1, 0.15) is 0 Å². The number of likely N-dealkylation sites (tertiary alicyclic amines) is 1. The van der Waals surface area contributed by atoms with Crippen molar-refractivity contribution in [3.8, 4) is 0 Å². The standard InChI is InChI=1S/C12H24N2O2/c1-12(2,16)6-7-13-10-11(15)14-8-4-3-5-9-14/h13,16H,3-10H2,1-2H3. The predicted octanol–water partition coefficient (Wildman–Crippen LogP) is 0.749. The summed E-state index contributed by atoms with van der Waals surface area (Å²) in [4.78, 5) is 13.7. The Morgan fingerprint density at radius 3 is 2.50 bits per heavy atom. The smallest absolute Gasteiger partial charge is 0.236 e. The number of nitrogens with zero attached hydrogens (tertiary/aromatic N) is 1. The third kappa shape index (κ3) is 5.47. The summed E-state index contributed by atoms with van der Waals surface area (Å²) in [6.07, 6.45) is 4.18. The van der Waals surface area contributed by atoms with E-state index in [-0.39, 0.29) is 5.91 Å². The molecule has 0 saturated carbocycles. The molecule has 0 aliphatic carbocycles. The summed E-state index contributed by atoms with van der Waals surface area (Å²) in [6.45, 7) is 6.46. The molecular formula is C12H24N2O2. The quantitative estimate of drug-likeness (QED) is 0.683. The first-order valence-corrected chi connectivity index (χ1v) is 6.20. The number of nitrogens with one attached hydrogen (secondary N) is 1. The van der Waals surface area contributed by atoms with E-state index in [1.165, 1.54) is 6.42 Å². The van der Waals surface area contributed by atoms with E-state index in [1.807, 2.05) is 4.90 Å². The number of rotatable bonds is 5. The minimum atomic E-state index is -0.652. The van der Waals surface area contributed by atoms with Crippen LogP contribution in [0.1, 0.15) is 39.5 Å². The van der Waals surface area contributed by atoms with Gasteiger partial charge in [-0.05, 0) is 46.1 Å². The number of hydrogen-bond donors (Lipinski definition) is 2. The Labute approximate surface area is 98.0 Å². The first kappa shape index (κ1) is 13.5. The number of aliphatic hydroxyl groups is 1. The lowest BCUT2D eigenvalue weighted by Crippen LogP contribution is -2.41. The molecule has 0 aromatic rings. The fraction of sp³-hybridized carbons (Fsp3) is 0.917. The van der Waals surface area contributed by atoms with Gasteiger partial charge in [-0.15, -0.1) is 0 Å². The van der Waals surface area contributed by atoms with Gasteiger partial charge in [0, 0.05) is 13.1 Å². The van der Waals surface area contributed by atoms with Crippen LogP contribution in [-0.4, -0.2) is 47.7 Å². The van der Waals surface area contributed by atoms with Crippen molar-refractivity contribution in [2.24, 2.45) is 0 Å². The van der Waals surface area contributed by atoms with E-state index in [2.05, 4.69) is 5.32 Å². The summed E-state index contributed by atoms with van der Waals surface area (Å²) in [5.41, 5.74) is -0.652. The average molecular weight is 228 g/mol. The van der Waals surface area contributed by atoms with Crippen LogP contribution in [0.2, 0.25) is 0 Å². The van der Waals surface area contributed by atoms with Crippen molar-refractivity contribution in [3.63, 3.8) is 0 Å². The highest BCUT2D eigenvalue weighted by molar-refractivity contribution is 5.78. The lowest BCUT2D eigenvalue weighted by molar-refractivity contribution is -0.131. The summed E-state index contributed by atoms with van der Waals surface area (Å²) >= 11 is 0. The molecule has 0 atom stereocenters. The van der Waals surface area contributed by atoms with Crippen LogP contribution < -0.4 is 5.32 Å².